The van der Waals surface area contributed by atoms with E-state index in [1.165, 1.54) is 0 Å². The van der Waals surface area contributed by atoms with Crippen LogP contribution < -0.4 is 0 Å². The zero-order valence-corrected chi connectivity index (χ0v) is 23.4. The summed E-state index contributed by atoms with van der Waals surface area (Å²) in [5, 5.41) is 0. The van der Waals surface area contributed by atoms with E-state index in [4.69, 9.17) is 0 Å². The molecule has 2 aliphatic rings. The minimum absolute atomic E-state index is 0.152. The summed E-state index contributed by atoms with van der Waals surface area (Å²) in [5.74, 6) is -0.152. The average Bonchev–Trinajstić information content (AvgIpc) is 3.30. The molecular weight excluding hydrogens is 560 g/mol. The van der Waals surface area contributed by atoms with Crippen molar-refractivity contribution in [2.75, 3.05) is 13.1 Å². The molecule has 2 aliphatic heterocycles. The Labute approximate surface area is 222 Å². The van der Waals surface area contributed by atoms with Crippen LogP contribution in [0.1, 0.15) is 35.6 Å². The highest BCUT2D eigenvalue weighted by Gasteiger charge is 2.51. The summed E-state index contributed by atoms with van der Waals surface area (Å²) >= 11 is 3.47. The van der Waals surface area contributed by atoms with Gasteiger partial charge in [-0.05, 0) is 74.6 Å². The number of halogens is 1. The van der Waals surface area contributed by atoms with Crippen molar-refractivity contribution in [3.63, 3.8) is 0 Å². The Hall–Kier alpha value is -2.04. The number of aryl methyl sites for hydroxylation is 2. The van der Waals surface area contributed by atoms with Crippen molar-refractivity contribution in [3.8, 4) is 0 Å². The van der Waals surface area contributed by atoms with Crippen LogP contribution in [-0.4, -0.2) is 44.6 Å². The van der Waals surface area contributed by atoms with Gasteiger partial charge in [-0.2, -0.15) is 8.61 Å². The molecular formula is C27H29BrN2O4S2. The van der Waals surface area contributed by atoms with E-state index in [0.717, 1.165) is 21.2 Å². The largest absolute Gasteiger partial charge is 0.243 e. The van der Waals surface area contributed by atoms with Crippen LogP contribution in [0.4, 0.5) is 0 Å². The smallest absolute Gasteiger partial charge is 0.207 e. The van der Waals surface area contributed by atoms with Gasteiger partial charge in [-0.15, -0.1) is 0 Å². The lowest BCUT2D eigenvalue weighted by Crippen LogP contribution is -2.50. The third kappa shape index (κ3) is 4.56. The zero-order chi connectivity index (χ0) is 25.7. The quantitative estimate of drug-likeness (QED) is 0.406. The Bertz CT molecular complexity index is 1460. The Morgan fingerprint density at radius 1 is 0.667 bits per heavy atom. The number of benzene rings is 3. The normalized spacial score (nSPS) is 23.5. The molecule has 0 bridgehead atoms. The molecule has 2 fully saturated rings. The number of rotatable bonds is 5. The molecule has 0 saturated carbocycles. The van der Waals surface area contributed by atoms with E-state index in [9.17, 15) is 16.8 Å². The van der Waals surface area contributed by atoms with Crippen molar-refractivity contribution < 1.29 is 16.8 Å². The van der Waals surface area contributed by atoms with E-state index in [2.05, 4.69) is 15.9 Å². The Balaban J connectivity index is 1.54. The summed E-state index contributed by atoms with van der Waals surface area (Å²) in [6, 6.07) is 20.8. The number of piperidine rings is 1. The molecule has 36 heavy (non-hydrogen) atoms. The number of hydrogen-bond acceptors (Lipinski definition) is 4. The van der Waals surface area contributed by atoms with Crippen LogP contribution in [0.15, 0.2) is 87.1 Å². The second-order valence-corrected chi connectivity index (χ2v) is 14.4. The predicted octanol–water partition coefficient (Wildman–Crippen LogP) is 5.28. The summed E-state index contributed by atoms with van der Waals surface area (Å²) in [6.07, 6.45) is 1.05. The molecule has 0 unspecified atom stereocenters. The second kappa shape index (κ2) is 9.68. The van der Waals surface area contributed by atoms with Gasteiger partial charge in [-0.3, -0.25) is 0 Å². The molecule has 3 aromatic carbocycles. The molecule has 3 atom stereocenters. The predicted molar refractivity (Wildman–Crippen MR) is 144 cm³/mol. The summed E-state index contributed by atoms with van der Waals surface area (Å²) in [5.41, 5.74) is 2.86. The minimum atomic E-state index is -3.78. The first kappa shape index (κ1) is 25.6. The molecule has 3 aromatic rings. The molecule has 0 radical (unpaired) electrons. The number of nitrogens with zero attached hydrogens (tertiary/aromatic N) is 2. The number of sulfonamides is 2. The van der Waals surface area contributed by atoms with Crippen molar-refractivity contribution in [1.29, 1.82) is 0 Å². The Morgan fingerprint density at radius 2 is 1.14 bits per heavy atom. The number of hydrogen-bond donors (Lipinski definition) is 0. The molecule has 0 aromatic heterocycles. The van der Waals surface area contributed by atoms with Crippen LogP contribution in [0.2, 0.25) is 0 Å². The summed E-state index contributed by atoms with van der Waals surface area (Å²) in [6.45, 7) is 4.47. The maximum Gasteiger partial charge on any atom is 0.243 e. The summed E-state index contributed by atoms with van der Waals surface area (Å²) < 4.78 is 59.0. The molecule has 0 spiro atoms. The molecule has 2 saturated heterocycles. The molecule has 0 aliphatic carbocycles. The molecule has 190 valence electrons. The number of fused-ring (bicyclic) bond motifs is 1. The van der Waals surface area contributed by atoms with E-state index in [0.29, 0.717) is 19.4 Å². The molecule has 2 heterocycles. The van der Waals surface area contributed by atoms with Gasteiger partial charge < -0.3 is 0 Å². The van der Waals surface area contributed by atoms with Gasteiger partial charge in [0.25, 0.3) is 0 Å². The van der Waals surface area contributed by atoms with Gasteiger partial charge in [0.1, 0.15) is 0 Å². The van der Waals surface area contributed by atoms with Gasteiger partial charge >= 0.3 is 0 Å². The fraction of sp³-hybridized carbons (Fsp3) is 0.333. The second-order valence-electron chi connectivity index (χ2n) is 9.66. The topological polar surface area (TPSA) is 74.8 Å². The van der Waals surface area contributed by atoms with Crippen molar-refractivity contribution in [3.05, 3.63) is 94.0 Å². The lowest BCUT2D eigenvalue weighted by Gasteiger charge is -2.43. The van der Waals surface area contributed by atoms with Crippen molar-refractivity contribution >= 4 is 36.0 Å². The minimum Gasteiger partial charge on any atom is -0.207 e. The lowest BCUT2D eigenvalue weighted by atomic mass is 9.83. The van der Waals surface area contributed by atoms with E-state index in [-0.39, 0.29) is 28.3 Å². The summed E-state index contributed by atoms with van der Waals surface area (Å²) in [7, 11) is -7.47. The van der Waals surface area contributed by atoms with E-state index in [1.807, 2.05) is 50.2 Å². The van der Waals surface area contributed by atoms with Gasteiger partial charge in [-0.25, -0.2) is 16.8 Å². The molecule has 9 heteroatoms. The van der Waals surface area contributed by atoms with Crippen LogP contribution in [0.5, 0.6) is 0 Å². The van der Waals surface area contributed by atoms with Gasteiger partial charge in [0.05, 0.1) is 15.8 Å². The fourth-order valence-electron chi connectivity index (χ4n) is 5.52. The third-order valence-electron chi connectivity index (χ3n) is 7.37. The van der Waals surface area contributed by atoms with Gasteiger partial charge in [0.15, 0.2) is 0 Å². The van der Waals surface area contributed by atoms with E-state index in [1.54, 1.807) is 45.0 Å². The monoisotopic (exact) mass is 588 g/mol. The summed E-state index contributed by atoms with van der Waals surface area (Å²) in [4.78, 5) is 0.541. The maximum atomic E-state index is 13.9. The highest BCUT2D eigenvalue weighted by Crippen LogP contribution is 2.47. The SMILES string of the molecule is Cc1ccc(S(=O)(=O)N2CC[C@H]3[C@H](CCN3S(=O)(=O)c3ccc(C)cc3)[C@H]2c2ccc(Br)cc2)cc1. The van der Waals surface area contributed by atoms with Crippen LogP contribution in [0.3, 0.4) is 0 Å². The Kier molecular flexibility index (Phi) is 6.89. The van der Waals surface area contributed by atoms with E-state index >= 15 is 0 Å². The highest BCUT2D eigenvalue weighted by molar-refractivity contribution is 9.10. The maximum absolute atomic E-state index is 13.9. The van der Waals surface area contributed by atoms with Crippen molar-refractivity contribution in [2.45, 2.75) is 48.6 Å². The fourth-order valence-corrected chi connectivity index (χ4v) is 9.17. The van der Waals surface area contributed by atoms with Crippen LogP contribution >= 0.6 is 15.9 Å². The average molecular weight is 590 g/mol. The van der Waals surface area contributed by atoms with Crippen LogP contribution in [-0.2, 0) is 20.0 Å². The standard InChI is InChI=1S/C27H29BrN2O4S2/c1-19-3-11-23(12-4-19)35(31,32)29-17-15-25-26(29)16-18-30(27(25)21-7-9-22(28)10-8-21)36(33,34)24-13-5-20(2)6-14-24/h3-14,25-27H,15-18H2,1-2H3/t25-,26-,27+/m0/s1. The highest BCUT2D eigenvalue weighted by atomic mass is 79.9. The van der Waals surface area contributed by atoms with E-state index < -0.39 is 26.1 Å². The van der Waals surface area contributed by atoms with Gasteiger partial charge in [0.2, 0.25) is 20.0 Å². The molecule has 5 rings (SSSR count). The van der Waals surface area contributed by atoms with Crippen molar-refractivity contribution in [1.82, 2.24) is 8.61 Å². The Morgan fingerprint density at radius 3 is 1.67 bits per heavy atom. The van der Waals surface area contributed by atoms with Crippen LogP contribution in [0.25, 0.3) is 0 Å². The first-order valence-corrected chi connectivity index (χ1v) is 15.7. The molecule has 6 nitrogen and oxygen atoms in total. The molecule has 0 amide bonds. The van der Waals surface area contributed by atoms with Crippen molar-refractivity contribution in [2.24, 2.45) is 5.92 Å². The van der Waals surface area contributed by atoms with Gasteiger partial charge in [-0.1, -0.05) is 63.5 Å². The van der Waals surface area contributed by atoms with Gasteiger partial charge in [0, 0.05) is 23.6 Å². The first-order chi connectivity index (χ1) is 17.1. The first-order valence-electron chi connectivity index (χ1n) is 12.0. The van der Waals surface area contributed by atoms with Crippen LogP contribution in [0, 0.1) is 19.8 Å². The molecule has 0 N–H and O–H groups in total. The lowest BCUT2D eigenvalue weighted by molar-refractivity contribution is 0.139. The zero-order valence-electron chi connectivity index (χ0n) is 20.2. The third-order valence-corrected chi connectivity index (χ3v) is 11.7.